The fourth-order valence-electron chi connectivity index (χ4n) is 3.27. The molecule has 2 rings (SSSR count). The number of carbonyl (C=O) groups is 2. The van der Waals surface area contributed by atoms with Crippen molar-refractivity contribution in [1.29, 1.82) is 0 Å². The van der Waals surface area contributed by atoms with E-state index >= 15 is 0 Å². The van der Waals surface area contributed by atoms with Gasteiger partial charge in [0.1, 0.15) is 11.1 Å². The second-order valence-corrected chi connectivity index (χ2v) is 8.37. The van der Waals surface area contributed by atoms with Crippen LogP contribution in [-0.2, 0) is 12.7 Å². The normalized spacial score (nSPS) is 11.7. The molecule has 0 radical (unpaired) electrons. The summed E-state index contributed by atoms with van der Waals surface area (Å²) in [5.41, 5.74) is -2.21. The van der Waals surface area contributed by atoms with Crippen molar-refractivity contribution in [3.05, 3.63) is 69.1 Å². The van der Waals surface area contributed by atoms with E-state index in [9.17, 15) is 27.6 Å². The molecule has 0 saturated carbocycles. The van der Waals surface area contributed by atoms with Gasteiger partial charge in [0.25, 0.3) is 11.8 Å². The van der Waals surface area contributed by atoms with Gasteiger partial charge in [-0.05, 0) is 31.4 Å². The first-order valence-electron chi connectivity index (χ1n) is 10.3. The van der Waals surface area contributed by atoms with Gasteiger partial charge < -0.3 is 14.8 Å². The molecule has 0 aliphatic carbocycles. The standard InChI is InChI=1S/C23H28F3N3O3/c1-14(2)11-28(5)22(32)18-13-29(15(3)4)12-17(20(18)30)21(31)27-10-16-8-6-7-9-19(16)23(24,25)26/h6-9,12-15H,10-11H2,1-5H3,(H,27,31). The van der Waals surface area contributed by atoms with Crippen molar-refractivity contribution in [2.45, 2.75) is 46.5 Å². The summed E-state index contributed by atoms with van der Waals surface area (Å²) in [4.78, 5) is 40.0. The Hall–Kier alpha value is -3.10. The molecule has 32 heavy (non-hydrogen) atoms. The Kier molecular flexibility index (Phi) is 7.87. The predicted octanol–water partition coefficient (Wildman–Crippen LogP) is 4.11. The van der Waals surface area contributed by atoms with Crippen molar-refractivity contribution in [3.8, 4) is 0 Å². The number of aromatic nitrogens is 1. The molecule has 1 N–H and O–H groups in total. The van der Waals surface area contributed by atoms with Gasteiger partial charge in [0.15, 0.2) is 0 Å². The monoisotopic (exact) mass is 451 g/mol. The largest absolute Gasteiger partial charge is 0.416 e. The van der Waals surface area contributed by atoms with Gasteiger partial charge in [0.05, 0.1) is 5.56 Å². The van der Waals surface area contributed by atoms with Gasteiger partial charge in [0, 0.05) is 38.6 Å². The van der Waals surface area contributed by atoms with Crippen LogP contribution in [-0.4, -0.2) is 34.9 Å². The summed E-state index contributed by atoms with van der Waals surface area (Å²) in [5.74, 6) is -1.19. The van der Waals surface area contributed by atoms with Gasteiger partial charge in [-0.25, -0.2) is 0 Å². The maximum absolute atomic E-state index is 13.2. The number of pyridine rings is 1. The molecule has 1 heterocycles. The van der Waals surface area contributed by atoms with Gasteiger partial charge in [-0.2, -0.15) is 13.2 Å². The molecule has 9 heteroatoms. The fraction of sp³-hybridized carbons (Fsp3) is 0.435. The Morgan fingerprint density at radius 2 is 1.66 bits per heavy atom. The van der Waals surface area contributed by atoms with Crippen LogP contribution in [0, 0.1) is 5.92 Å². The first-order chi connectivity index (χ1) is 14.8. The number of hydrogen-bond donors (Lipinski definition) is 1. The molecule has 0 spiro atoms. The van der Waals surface area contributed by atoms with Crippen molar-refractivity contribution in [3.63, 3.8) is 0 Å². The third-order valence-electron chi connectivity index (χ3n) is 4.86. The summed E-state index contributed by atoms with van der Waals surface area (Å²) in [6, 6.07) is 4.73. The molecule has 174 valence electrons. The average Bonchev–Trinajstić information content (AvgIpc) is 2.70. The third kappa shape index (κ3) is 5.99. The molecule has 1 aromatic heterocycles. The van der Waals surface area contributed by atoms with Crippen LogP contribution in [0.2, 0.25) is 0 Å². The summed E-state index contributed by atoms with van der Waals surface area (Å²) >= 11 is 0. The van der Waals surface area contributed by atoms with Crippen LogP contribution in [0.4, 0.5) is 13.2 Å². The number of benzene rings is 1. The van der Waals surface area contributed by atoms with Gasteiger partial charge in [-0.1, -0.05) is 32.0 Å². The zero-order valence-electron chi connectivity index (χ0n) is 18.8. The third-order valence-corrected chi connectivity index (χ3v) is 4.86. The quantitative estimate of drug-likeness (QED) is 0.689. The van der Waals surface area contributed by atoms with Gasteiger partial charge >= 0.3 is 6.18 Å². The Morgan fingerprint density at radius 3 is 2.22 bits per heavy atom. The van der Waals surface area contributed by atoms with Crippen molar-refractivity contribution in [2.24, 2.45) is 5.92 Å². The highest BCUT2D eigenvalue weighted by Crippen LogP contribution is 2.31. The van der Waals surface area contributed by atoms with E-state index in [0.717, 1.165) is 6.07 Å². The van der Waals surface area contributed by atoms with Gasteiger partial charge in [-0.15, -0.1) is 0 Å². The molecule has 0 atom stereocenters. The van der Waals surface area contributed by atoms with Crippen molar-refractivity contribution in [2.75, 3.05) is 13.6 Å². The van der Waals surface area contributed by atoms with E-state index in [4.69, 9.17) is 0 Å². The number of halogens is 3. The molecule has 1 aromatic carbocycles. The lowest BCUT2D eigenvalue weighted by molar-refractivity contribution is -0.138. The van der Waals surface area contributed by atoms with Crippen LogP contribution in [0.3, 0.4) is 0 Å². The average molecular weight is 451 g/mol. The van der Waals surface area contributed by atoms with Crippen LogP contribution >= 0.6 is 0 Å². The van der Waals surface area contributed by atoms with Crippen LogP contribution < -0.4 is 10.7 Å². The van der Waals surface area contributed by atoms with Gasteiger partial charge in [0.2, 0.25) is 5.43 Å². The summed E-state index contributed by atoms with van der Waals surface area (Å²) in [7, 11) is 1.57. The van der Waals surface area contributed by atoms with E-state index in [1.807, 2.05) is 27.7 Å². The van der Waals surface area contributed by atoms with E-state index in [-0.39, 0.29) is 28.7 Å². The fourth-order valence-corrected chi connectivity index (χ4v) is 3.27. The lowest BCUT2D eigenvalue weighted by Gasteiger charge is -2.21. The summed E-state index contributed by atoms with van der Waals surface area (Å²) in [6.45, 7) is 7.50. The summed E-state index contributed by atoms with van der Waals surface area (Å²) in [5, 5.41) is 2.39. The van der Waals surface area contributed by atoms with E-state index in [1.54, 1.807) is 11.6 Å². The molecule has 0 fully saturated rings. The Morgan fingerprint density at radius 1 is 1.06 bits per heavy atom. The molecule has 0 saturated heterocycles. The maximum atomic E-state index is 13.2. The first-order valence-corrected chi connectivity index (χ1v) is 10.3. The van der Waals surface area contributed by atoms with Crippen LogP contribution in [0.25, 0.3) is 0 Å². The van der Waals surface area contributed by atoms with Crippen LogP contribution in [0.5, 0.6) is 0 Å². The second-order valence-electron chi connectivity index (χ2n) is 8.37. The molecule has 2 aromatic rings. The summed E-state index contributed by atoms with van der Waals surface area (Å²) in [6.07, 6.45) is -1.85. The van der Waals surface area contributed by atoms with E-state index in [1.165, 1.54) is 35.5 Å². The zero-order chi connectivity index (χ0) is 24.2. The first kappa shape index (κ1) is 25.2. The molecule has 0 bridgehead atoms. The van der Waals surface area contributed by atoms with E-state index < -0.39 is 35.5 Å². The predicted molar refractivity (Wildman–Crippen MR) is 115 cm³/mol. The minimum absolute atomic E-state index is 0.124. The lowest BCUT2D eigenvalue weighted by atomic mass is 10.1. The van der Waals surface area contributed by atoms with Crippen molar-refractivity contribution >= 4 is 11.8 Å². The van der Waals surface area contributed by atoms with Crippen molar-refractivity contribution in [1.82, 2.24) is 14.8 Å². The zero-order valence-corrected chi connectivity index (χ0v) is 18.8. The number of rotatable bonds is 7. The second kappa shape index (κ2) is 10.0. The molecule has 2 amide bonds. The lowest BCUT2D eigenvalue weighted by Crippen LogP contribution is -2.37. The summed E-state index contributed by atoms with van der Waals surface area (Å²) < 4.78 is 41.2. The van der Waals surface area contributed by atoms with Crippen LogP contribution in [0.1, 0.15) is 65.6 Å². The number of hydrogen-bond acceptors (Lipinski definition) is 3. The minimum atomic E-state index is -4.57. The SMILES string of the molecule is CC(C)CN(C)C(=O)c1cn(C(C)C)cc(C(=O)NCc2ccccc2C(F)(F)F)c1=O. The number of nitrogens with one attached hydrogen (secondary N) is 1. The molecule has 0 aliphatic heterocycles. The Bertz CT molecular complexity index is 1040. The number of carbonyl (C=O) groups excluding carboxylic acids is 2. The highest BCUT2D eigenvalue weighted by molar-refractivity contribution is 5.99. The molecule has 0 aliphatic rings. The Labute approximate surface area is 185 Å². The van der Waals surface area contributed by atoms with E-state index in [2.05, 4.69) is 5.32 Å². The van der Waals surface area contributed by atoms with E-state index in [0.29, 0.717) is 6.54 Å². The minimum Gasteiger partial charge on any atom is -0.350 e. The topological polar surface area (TPSA) is 71.4 Å². The molecular weight excluding hydrogens is 423 g/mol. The van der Waals surface area contributed by atoms with Gasteiger partial charge in [-0.3, -0.25) is 14.4 Å². The van der Waals surface area contributed by atoms with Crippen molar-refractivity contribution < 1.29 is 22.8 Å². The highest BCUT2D eigenvalue weighted by atomic mass is 19.4. The Balaban J connectivity index is 2.39. The number of nitrogens with zero attached hydrogens (tertiary/aromatic N) is 2. The molecule has 0 unspecified atom stereocenters. The maximum Gasteiger partial charge on any atom is 0.416 e. The molecule has 6 nitrogen and oxygen atoms in total. The number of alkyl halides is 3. The molecular formula is C23H28F3N3O3. The smallest absolute Gasteiger partial charge is 0.350 e. The number of amides is 2. The highest BCUT2D eigenvalue weighted by Gasteiger charge is 2.33. The van der Waals surface area contributed by atoms with Crippen LogP contribution in [0.15, 0.2) is 41.5 Å².